The van der Waals surface area contributed by atoms with E-state index < -0.39 is 11.2 Å². The van der Waals surface area contributed by atoms with Gasteiger partial charge in [0.05, 0.1) is 0 Å². The molecule has 0 bridgehead atoms. The summed E-state index contributed by atoms with van der Waals surface area (Å²) in [5.41, 5.74) is -1.09. The fraction of sp³-hybridized carbons (Fsp3) is 0.722. The zero-order valence-corrected chi connectivity index (χ0v) is 14.7. The maximum Gasteiger partial charge on any atom is 0.252 e. The van der Waals surface area contributed by atoms with Crippen molar-refractivity contribution in [3.63, 3.8) is 0 Å². The molecule has 1 saturated carbocycles. The fourth-order valence-corrected chi connectivity index (χ4v) is 3.36. The van der Waals surface area contributed by atoms with Crippen molar-refractivity contribution in [2.75, 3.05) is 13.2 Å². The fourth-order valence-electron chi connectivity index (χ4n) is 3.36. The second-order valence-electron chi connectivity index (χ2n) is 7.36. The standard InChI is InChI=1S/C18H23N5O3/c1-2-3-7-18(22-23-18)8-6-14(24)20-17(9-11-25-12-10-17)16-19-15(21-26-16)13-4-5-13/h1,13H,3-12H2,(H,20,24). The maximum absolute atomic E-state index is 12.6. The van der Waals surface area contributed by atoms with E-state index in [4.69, 9.17) is 15.7 Å². The molecule has 138 valence electrons. The van der Waals surface area contributed by atoms with Crippen molar-refractivity contribution < 1.29 is 14.1 Å². The average molecular weight is 357 g/mol. The average Bonchev–Trinajstić information content (AvgIpc) is 3.59. The molecule has 26 heavy (non-hydrogen) atoms. The molecule has 0 spiro atoms. The van der Waals surface area contributed by atoms with Crippen LogP contribution in [0, 0.1) is 12.3 Å². The number of aromatic nitrogens is 2. The van der Waals surface area contributed by atoms with Gasteiger partial charge in [0.25, 0.3) is 5.89 Å². The van der Waals surface area contributed by atoms with E-state index in [0.29, 0.717) is 63.5 Å². The number of carbonyl (C=O) groups is 1. The van der Waals surface area contributed by atoms with Crippen molar-refractivity contribution >= 4 is 5.91 Å². The quantitative estimate of drug-likeness (QED) is 0.720. The summed E-state index contributed by atoms with van der Waals surface area (Å²) < 4.78 is 11.0. The van der Waals surface area contributed by atoms with Crippen LogP contribution in [0.15, 0.2) is 14.8 Å². The molecule has 0 radical (unpaired) electrons. The van der Waals surface area contributed by atoms with Gasteiger partial charge in [0.2, 0.25) is 5.91 Å². The molecule has 1 aromatic rings. The van der Waals surface area contributed by atoms with Crippen LogP contribution in [0.3, 0.4) is 0 Å². The number of amides is 1. The molecular weight excluding hydrogens is 334 g/mol. The number of terminal acetylenes is 1. The van der Waals surface area contributed by atoms with E-state index in [1.807, 2.05) is 0 Å². The Morgan fingerprint density at radius 1 is 1.27 bits per heavy atom. The number of nitrogens with one attached hydrogen (secondary N) is 1. The molecule has 1 amide bonds. The Kier molecular flexibility index (Phi) is 4.49. The minimum atomic E-state index is -0.640. The predicted molar refractivity (Wildman–Crippen MR) is 91.0 cm³/mol. The topological polar surface area (TPSA) is 102 Å². The third kappa shape index (κ3) is 3.63. The van der Waals surface area contributed by atoms with Crippen molar-refractivity contribution in [2.45, 2.75) is 68.5 Å². The molecule has 0 atom stereocenters. The second kappa shape index (κ2) is 6.80. The molecule has 1 aromatic heterocycles. The van der Waals surface area contributed by atoms with Gasteiger partial charge in [-0.3, -0.25) is 4.79 Å². The van der Waals surface area contributed by atoms with E-state index in [1.165, 1.54) is 0 Å². The Bertz CT molecular complexity index is 734. The second-order valence-corrected chi connectivity index (χ2v) is 7.36. The summed E-state index contributed by atoms with van der Waals surface area (Å²) in [7, 11) is 0. The Hall–Kier alpha value is -2.27. The van der Waals surface area contributed by atoms with Crippen molar-refractivity contribution in [1.82, 2.24) is 15.5 Å². The number of hydrogen-bond acceptors (Lipinski definition) is 7. The van der Waals surface area contributed by atoms with Crippen LogP contribution < -0.4 is 5.32 Å². The summed E-state index contributed by atoms with van der Waals surface area (Å²) in [6, 6.07) is 0. The number of carbonyl (C=O) groups excluding carboxylic acids is 1. The van der Waals surface area contributed by atoms with E-state index in [0.717, 1.165) is 18.7 Å². The zero-order valence-electron chi connectivity index (χ0n) is 14.7. The summed E-state index contributed by atoms with van der Waals surface area (Å²) in [6.07, 6.45) is 11.0. The smallest absolute Gasteiger partial charge is 0.252 e. The van der Waals surface area contributed by atoms with E-state index in [1.54, 1.807) is 0 Å². The highest BCUT2D eigenvalue weighted by molar-refractivity contribution is 5.77. The summed E-state index contributed by atoms with van der Waals surface area (Å²) in [4.78, 5) is 17.2. The molecule has 3 aliphatic rings. The molecule has 0 aromatic carbocycles. The van der Waals surface area contributed by atoms with E-state index in [9.17, 15) is 4.79 Å². The molecule has 8 nitrogen and oxygen atoms in total. The molecule has 2 fully saturated rings. The van der Waals surface area contributed by atoms with E-state index in [-0.39, 0.29) is 5.91 Å². The first kappa shape index (κ1) is 17.2. The van der Waals surface area contributed by atoms with Gasteiger partial charge in [-0.05, 0) is 12.8 Å². The monoisotopic (exact) mass is 357 g/mol. The van der Waals surface area contributed by atoms with Crippen molar-refractivity contribution in [1.29, 1.82) is 0 Å². The summed E-state index contributed by atoms with van der Waals surface area (Å²) in [6.45, 7) is 1.11. The highest BCUT2D eigenvalue weighted by Crippen LogP contribution is 2.40. The summed E-state index contributed by atoms with van der Waals surface area (Å²) in [5.74, 6) is 4.20. The molecule has 0 unspecified atom stereocenters. The first-order chi connectivity index (χ1) is 12.6. The molecule has 1 N–H and O–H groups in total. The molecule has 8 heteroatoms. The van der Waals surface area contributed by atoms with Gasteiger partial charge in [-0.15, -0.1) is 12.3 Å². The number of hydrogen-bond donors (Lipinski definition) is 1. The van der Waals surface area contributed by atoms with Crippen molar-refractivity contribution in [3.8, 4) is 12.3 Å². The van der Waals surface area contributed by atoms with Gasteiger partial charge in [0.1, 0.15) is 5.54 Å². The van der Waals surface area contributed by atoms with Crippen LogP contribution in [0.1, 0.15) is 69.0 Å². The highest BCUT2D eigenvalue weighted by Gasteiger charge is 2.44. The lowest BCUT2D eigenvalue weighted by atomic mass is 9.89. The van der Waals surface area contributed by atoms with Crippen molar-refractivity contribution in [3.05, 3.63) is 11.7 Å². The van der Waals surface area contributed by atoms with E-state index >= 15 is 0 Å². The normalized spacial score (nSPS) is 22.6. The highest BCUT2D eigenvalue weighted by atomic mass is 16.5. The minimum Gasteiger partial charge on any atom is -0.381 e. The van der Waals surface area contributed by atoms with Gasteiger partial charge in [0.15, 0.2) is 11.5 Å². The first-order valence-electron chi connectivity index (χ1n) is 9.25. The number of rotatable bonds is 8. The Labute approximate surface area is 152 Å². The lowest BCUT2D eigenvalue weighted by molar-refractivity contribution is -0.125. The van der Waals surface area contributed by atoms with Gasteiger partial charge in [-0.1, -0.05) is 5.16 Å². The zero-order chi connectivity index (χ0) is 18.0. The summed E-state index contributed by atoms with van der Waals surface area (Å²) in [5, 5.41) is 15.4. The number of nitrogens with zero attached hydrogens (tertiary/aromatic N) is 4. The molecule has 4 rings (SSSR count). The Morgan fingerprint density at radius 3 is 2.69 bits per heavy atom. The Balaban J connectivity index is 1.40. The van der Waals surface area contributed by atoms with Gasteiger partial charge in [-0.2, -0.15) is 15.2 Å². The van der Waals surface area contributed by atoms with Crippen LogP contribution in [0.5, 0.6) is 0 Å². The minimum absolute atomic E-state index is 0.0598. The van der Waals surface area contributed by atoms with Gasteiger partial charge in [0, 0.05) is 57.7 Å². The maximum atomic E-state index is 12.6. The van der Waals surface area contributed by atoms with Crippen LogP contribution in [0.25, 0.3) is 0 Å². The lowest BCUT2D eigenvalue weighted by Crippen LogP contribution is -2.50. The lowest BCUT2D eigenvalue weighted by Gasteiger charge is -2.34. The van der Waals surface area contributed by atoms with Crippen LogP contribution in [0.2, 0.25) is 0 Å². The third-order valence-corrected chi connectivity index (χ3v) is 5.32. The van der Waals surface area contributed by atoms with Crippen LogP contribution >= 0.6 is 0 Å². The van der Waals surface area contributed by atoms with Crippen LogP contribution in [0.4, 0.5) is 0 Å². The van der Waals surface area contributed by atoms with Gasteiger partial charge in [-0.25, -0.2) is 0 Å². The van der Waals surface area contributed by atoms with Gasteiger partial charge >= 0.3 is 0 Å². The van der Waals surface area contributed by atoms with E-state index in [2.05, 4.69) is 31.6 Å². The van der Waals surface area contributed by atoms with Gasteiger partial charge < -0.3 is 14.6 Å². The van der Waals surface area contributed by atoms with Crippen LogP contribution in [-0.4, -0.2) is 34.9 Å². The molecular formula is C18H23N5O3. The van der Waals surface area contributed by atoms with Crippen molar-refractivity contribution in [2.24, 2.45) is 10.2 Å². The molecule has 3 heterocycles. The summed E-state index contributed by atoms with van der Waals surface area (Å²) >= 11 is 0. The molecule has 1 aliphatic carbocycles. The predicted octanol–water partition coefficient (Wildman–Crippen LogP) is 2.42. The molecule has 2 aliphatic heterocycles. The first-order valence-corrected chi connectivity index (χ1v) is 9.25. The number of ether oxygens (including phenoxy) is 1. The third-order valence-electron chi connectivity index (χ3n) is 5.32. The molecule has 1 saturated heterocycles. The largest absolute Gasteiger partial charge is 0.381 e. The van der Waals surface area contributed by atoms with Crippen LogP contribution in [-0.2, 0) is 15.1 Å². The SMILES string of the molecule is C#CCCC1(CCC(=O)NC2(c3nc(C4CC4)no3)CCOCC2)N=N1. The Morgan fingerprint density at radius 2 is 2.04 bits per heavy atom.